The number of halogens is 1. The van der Waals surface area contributed by atoms with Crippen LogP contribution in [0.3, 0.4) is 0 Å². The van der Waals surface area contributed by atoms with Crippen molar-refractivity contribution in [1.29, 1.82) is 0 Å². The fraction of sp³-hybridized carbons (Fsp3) is 0.174. The van der Waals surface area contributed by atoms with Crippen LogP contribution in [-0.2, 0) is 18.3 Å². The summed E-state index contributed by atoms with van der Waals surface area (Å²) in [5.74, 6) is 0.0939. The predicted molar refractivity (Wildman–Crippen MR) is 120 cm³/mol. The maximum atomic E-state index is 13.8. The minimum absolute atomic E-state index is 0.0858. The number of anilines is 1. The van der Waals surface area contributed by atoms with E-state index in [1.165, 1.54) is 23.9 Å². The number of para-hydroxylation sites is 1. The van der Waals surface area contributed by atoms with E-state index in [4.69, 9.17) is 0 Å². The van der Waals surface area contributed by atoms with Crippen molar-refractivity contribution in [2.75, 3.05) is 11.1 Å². The molecule has 2 heterocycles. The van der Waals surface area contributed by atoms with Crippen LogP contribution in [-0.4, -0.2) is 31.0 Å². The van der Waals surface area contributed by atoms with Crippen molar-refractivity contribution in [2.45, 2.75) is 18.5 Å². The van der Waals surface area contributed by atoms with Crippen LogP contribution in [0.4, 0.5) is 10.1 Å². The molecule has 0 unspecified atom stereocenters. The van der Waals surface area contributed by atoms with Gasteiger partial charge in [0.1, 0.15) is 11.6 Å². The van der Waals surface area contributed by atoms with E-state index in [2.05, 4.69) is 15.5 Å². The van der Waals surface area contributed by atoms with Gasteiger partial charge in [-0.3, -0.25) is 9.36 Å². The van der Waals surface area contributed by atoms with Crippen LogP contribution in [0.2, 0.25) is 0 Å². The number of nitrogens with one attached hydrogen (secondary N) is 1. The Morgan fingerprint density at radius 3 is 2.55 bits per heavy atom. The molecule has 2 aromatic heterocycles. The summed E-state index contributed by atoms with van der Waals surface area (Å²) in [7, 11) is 1.99. The molecule has 0 aliphatic heterocycles. The molecule has 8 heteroatoms. The Labute approximate surface area is 184 Å². The topological polar surface area (TPSA) is 64.7 Å². The monoisotopic (exact) mass is 435 g/mol. The maximum Gasteiger partial charge on any atom is 0.234 e. The number of carbonyl (C=O) groups excluding carboxylic acids is 1. The van der Waals surface area contributed by atoms with E-state index in [0.29, 0.717) is 11.6 Å². The lowest BCUT2D eigenvalue weighted by molar-refractivity contribution is -0.113. The minimum Gasteiger partial charge on any atom is -0.354 e. The second-order valence-corrected chi connectivity index (χ2v) is 8.12. The Kier molecular flexibility index (Phi) is 6.18. The number of amides is 1. The molecule has 0 bridgehead atoms. The lowest BCUT2D eigenvalue weighted by atomic mass is 10.2. The molecule has 0 aliphatic rings. The Bertz CT molecular complexity index is 1200. The highest BCUT2D eigenvalue weighted by Crippen LogP contribution is 2.24. The Morgan fingerprint density at radius 1 is 1.06 bits per heavy atom. The van der Waals surface area contributed by atoms with Gasteiger partial charge >= 0.3 is 0 Å². The number of aromatic nitrogens is 4. The van der Waals surface area contributed by atoms with Crippen LogP contribution in [0.1, 0.15) is 17.1 Å². The number of hydrogen-bond acceptors (Lipinski definition) is 4. The summed E-state index contributed by atoms with van der Waals surface area (Å²) in [6, 6.07) is 18.2. The maximum absolute atomic E-state index is 13.8. The number of rotatable bonds is 7. The summed E-state index contributed by atoms with van der Waals surface area (Å²) in [5.41, 5.74) is 3.35. The van der Waals surface area contributed by atoms with Gasteiger partial charge in [0.15, 0.2) is 5.16 Å². The fourth-order valence-electron chi connectivity index (χ4n) is 3.18. The summed E-state index contributed by atoms with van der Waals surface area (Å²) in [4.78, 5) is 12.4. The smallest absolute Gasteiger partial charge is 0.234 e. The molecule has 0 fully saturated rings. The van der Waals surface area contributed by atoms with Crippen LogP contribution in [0, 0.1) is 12.7 Å². The summed E-state index contributed by atoms with van der Waals surface area (Å²) >= 11 is 1.26. The van der Waals surface area contributed by atoms with E-state index in [1.54, 1.807) is 12.1 Å². The van der Waals surface area contributed by atoms with Gasteiger partial charge in [-0.1, -0.05) is 41.6 Å². The van der Waals surface area contributed by atoms with Crippen molar-refractivity contribution in [3.05, 3.63) is 89.8 Å². The van der Waals surface area contributed by atoms with E-state index in [1.807, 2.05) is 65.7 Å². The third-order valence-corrected chi connectivity index (χ3v) is 5.79. The molecular weight excluding hydrogens is 413 g/mol. The first kappa shape index (κ1) is 20.9. The van der Waals surface area contributed by atoms with E-state index < -0.39 is 5.82 Å². The molecule has 0 atom stereocenters. The van der Waals surface area contributed by atoms with E-state index in [0.717, 1.165) is 22.8 Å². The van der Waals surface area contributed by atoms with E-state index in [-0.39, 0.29) is 17.3 Å². The molecule has 0 saturated carbocycles. The molecule has 4 aromatic rings. The number of thioether (sulfide) groups is 1. The van der Waals surface area contributed by atoms with Crippen molar-refractivity contribution in [2.24, 2.45) is 7.05 Å². The highest BCUT2D eigenvalue weighted by Gasteiger charge is 2.17. The van der Waals surface area contributed by atoms with Crippen LogP contribution in [0.25, 0.3) is 5.69 Å². The van der Waals surface area contributed by atoms with Gasteiger partial charge in [-0.2, -0.15) is 0 Å². The molecule has 31 heavy (non-hydrogen) atoms. The Balaban J connectivity index is 1.56. The molecule has 158 valence electrons. The van der Waals surface area contributed by atoms with Crippen molar-refractivity contribution in [3.8, 4) is 5.69 Å². The van der Waals surface area contributed by atoms with Gasteiger partial charge in [-0.25, -0.2) is 4.39 Å². The van der Waals surface area contributed by atoms with Gasteiger partial charge in [0.25, 0.3) is 0 Å². The van der Waals surface area contributed by atoms with Gasteiger partial charge in [-0.05, 0) is 43.3 Å². The summed E-state index contributed by atoms with van der Waals surface area (Å²) in [6.45, 7) is 2.03. The van der Waals surface area contributed by atoms with Crippen LogP contribution in [0.5, 0.6) is 0 Å². The van der Waals surface area contributed by atoms with Crippen LogP contribution < -0.4 is 5.32 Å². The highest BCUT2D eigenvalue weighted by atomic mass is 32.2. The largest absolute Gasteiger partial charge is 0.354 e. The summed E-state index contributed by atoms with van der Waals surface area (Å²) < 4.78 is 17.8. The number of nitrogens with zero attached hydrogens (tertiary/aromatic N) is 4. The zero-order valence-electron chi connectivity index (χ0n) is 17.2. The number of carbonyl (C=O) groups is 1. The van der Waals surface area contributed by atoms with Gasteiger partial charge in [0.2, 0.25) is 5.91 Å². The molecule has 0 spiro atoms. The highest BCUT2D eigenvalue weighted by molar-refractivity contribution is 7.99. The van der Waals surface area contributed by atoms with Crippen molar-refractivity contribution < 1.29 is 9.18 Å². The number of benzene rings is 2. The Morgan fingerprint density at radius 2 is 1.84 bits per heavy atom. The SMILES string of the molecule is Cc1ccc(-n2c(Cc3cccn3C)nnc2SCC(=O)Nc2ccccc2F)cc1. The zero-order chi connectivity index (χ0) is 21.8. The molecule has 0 saturated heterocycles. The van der Waals surface area contributed by atoms with Gasteiger partial charge in [0, 0.05) is 31.0 Å². The van der Waals surface area contributed by atoms with Crippen LogP contribution in [0.15, 0.2) is 72.0 Å². The quantitative estimate of drug-likeness (QED) is 0.438. The average Bonchev–Trinajstić information content (AvgIpc) is 3.35. The number of aryl methyl sites for hydroxylation is 2. The third kappa shape index (κ3) is 4.86. The van der Waals surface area contributed by atoms with Gasteiger partial charge in [-0.15, -0.1) is 10.2 Å². The molecule has 2 aromatic carbocycles. The van der Waals surface area contributed by atoms with Crippen LogP contribution >= 0.6 is 11.8 Å². The molecule has 1 amide bonds. The summed E-state index contributed by atoms with van der Waals surface area (Å²) in [6.07, 6.45) is 2.59. The minimum atomic E-state index is -0.464. The lowest BCUT2D eigenvalue weighted by Crippen LogP contribution is -2.15. The average molecular weight is 436 g/mol. The molecular formula is C23H22FN5OS. The molecule has 1 N–H and O–H groups in total. The Hall–Kier alpha value is -3.39. The molecule has 0 aliphatic carbocycles. The molecule has 4 rings (SSSR count). The van der Waals surface area contributed by atoms with Crippen molar-refractivity contribution >= 4 is 23.4 Å². The van der Waals surface area contributed by atoms with E-state index in [9.17, 15) is 9.18 Å². The van der Waals surface area contributed by atoms with E-state index >= 15 is 0 Å². The third-order valence-electron chi connectivity index (χ3n) is 4.86. The summed E-state index contributed by atoms with van der Waals surface area (Å²) in [5, 5.41) is 11.9. The van der Waals surface area contributed by atoms with Gasteiger partial charge in [0.05, 0.1) is 11.4 Å². The van der Waals surface area contributed by atoms with Crippen molar-refractivity contribution in [1.82, 2.24) is 19.3 Å². The van der Waals surface area contributed by atoms with Crippen molar-refractivity contribution in [3.63, 3.8) is 0 Å². The second kappa shape index (κ2) is 9.18. The fourth-order valence-corrected chi connectivity index (χ4v) is 3.95. The first-order valence-corrected chi connectivity index (χ1v) is 10.8. The zero-order valence-corrected chi connectivity index (χ0v) is 18.1. The number of hydrogen-bond donors (Lipinski definition) is 1. The van der Waals surface area contributed by atoms with Gasteiger partial charge < -0.3 is 9.88 Å². The lowest BCUT2D eigenvalue weighted by Gasteiger charge is -2.11. The predicted octanol–water partition coefficient (Wildman–Crippen LogP) is 4.37. The molecule has 0 radical (unpaired) electrons. The normalized spacial score (nSPS) is 10.9. The first-order valence-electron chi connectivity index (χ1n) is 9.80. The second-order valence-electron chi connectivity index (χ2n) is 7.17. The molecule has 6 nitrogen and oxygen atoms in total. The standard InChI is InChI=1S/C23H22FN5OS/c1-16-9-11-17(12-10-16)29-21(14-18-6-5-13-28(18)2)26-27-23(29)31-15-22(30)25-20-8-4-3-7-19(20)24/h3-13H,14-15H2,1-2H3,(H,25,30). The first-order chi connectivity index (χ1) is 15.0.